The van der Waals surface area contributed by atoms with Gasteiger partial charge in [0.1, 0.15) is 6.10 Å². The maximum absolute atomic E-state index is 9.31. The number of aliphatic hydroxyl groups excluding tert-OH is 1. The summed E-state index contributed by atoms with van der Waals surface area (Å²) in [6.45, 7) is 0.708. The number of methoxy groups -OCH3 is 1. The van der Waals surface area contributed by atoms with E-state index in [2.05, 4.69) is 12.2 Å². The van der Waals surface area contributed by atoms with Crippen molar-refractivity contribution in [2.75, 3.05) is 20.3 Å². The molecule has 0 heterocycles. The Labute approximate surface area is 79.3 Å². The van der Waals surface area contributed by atoms with Crippen LogP contribution < -0.4 is 0 Å². The number of hydrogen-bond donors (Lipinski definition) is 1. The van der Waals surface area contributed by atoms with Crippen molar-refractivity contribution in [2.45, 2.75) is 31.5 Å². The minimum absolute atomic E-state index is 0.195. The molecule has 3 heteroatoms. The molecule has 0 aliphatic heterocycles. The molecule has 2 unspecified atom stereocenters. The third-order valence-electron chi connectivity index (χ3n) is 2.07. The maximum atomic E-state index is 9.31. The molecule has 0 aromatic heterocycles. The molecule has 2 atom stereocenters. The Morgan fingerprint density at radius 3 is 3.00 bits per heavy atom. The van der Waals surface area contributed by atoms with Crippen LogP contribution in [0.3, 0.4) is 0 Å². The summed E-state index contributed by atoms with van der Waals surface area (Å²) in [4.78, 5) is 0. The number of rotatable bonds is 5. The fourth-order valence-corrected chi connectivity index (χ4v) is 1.40. The fourth-order valence-electron chi connectivity index (χ4n) is 1.40. The van der Waals surface area contributed by atoms with Crippen LogP contribution in [0.5, 0.6) is 0 Å². The average Bonchev–Trinajstić information content (AvgIpc) is 2.17. The van der Waals surface area contributed by atoms with Crippen molar-refractivity contribution in [1.82, 2.24) is 0 Å². The molecule has 13 heavy (non-hydrogen) atoms. The SMILES string of the molecule is COCC(O)COC1C=CCCC1. The van der Waals surface area contributed by atoms with Crippen molar-refractivity contribution in [3.63, 3.8) is 0 Å². The fraction of sp³-hybridized carbons (Fsp3) is 0.800. The van der Waals surface area contributed by atoms with Gasteiger partial charge in [0.2, 0.25) is 0 Å². The van der Waals surface area contributed by atoms with E-state index in [9.17, 15) is 5.11 Å². The van der Waals surface area contributed by atoms with E-state index in [1.807, 2.05) is 0 Å². The highest BCUT2D eigenvalue weighted by atomic mass is 16.5. The number of allylic oxidation sites excluding steroid dienone is 1. The zero-order valence-electron chi connectivity index (χ0n) is 8.11. The Morgan fingerprint density at radius 1 is 1.54 bits per heavy atom. The third kappa shape index (κ3) is 4.41. The van der Waals surface area contributed by atoms with Crippen molar-refractivity contribution in [1.29, 1.82) is 0 Å². The van der Waals surface area contributed by atoms with Gasteiger partial charge >= 0.3 is 0 Å². The highest BCUT2D eigenvalue weighted by molar-refractivity contribution is 4.94. The minimum atomic E-state index is -0.500. The van der Waals surface area contributed by atoms with Gasteiger partial charge in [0.15, 0.2) is 0 Å². The molecule has 0 radical (unpaired) electrons. The maximum Gasteiger partial charge on any atom is 0.101 e. The van der Waals surface area contributed by atoms with Crippen LogP contribution in [0.1, 0.15) is 19.3 Å². The Balaban J connectivity index is 2.10. The molecule has 0 aromatic carbocycles. The zero-order chi connectivity index (χ0) is 9.52. The number of hydrogen-bond acceptors (Lipinski definition) is 3. The second kappa shape index (κ2) is 6.13. The summed E-state index contributed by atoms with van der Waals surface area (Å²) >= 11 is 0. The van der Waals surface area contributed by atoms with Gasteiger partial charge in [0, 0.05) is 7.11 Å². The van der Waals surface area contributed by atoms with Gasteiger partial charge in [0.05, 0.1) is 19.3 Å². The lowest BCUT2D eigenvalue weighted by atomic mass is 10.1. The molecule has 0 bridgehead atoms. The first kappa shape index (κ1) is 10.7. The van der Waals surface area contributed by atoms with E-state index >= 15 is 0 Å². The molecular formula is C10H18O3. The van der Waals surface area contributed by atoms with Gasteiger partial charge in [-0.1, -0.05) is 12.2 Å². The van der Waals surface area contributed by atoms with Crippen LogP contribution >= 0.6 is 0 Å². The van der Waals surface area contributed by atoms with E-state index in [-0.39, 0.29) is 6.10 Å². The van der Waals surface area contributed by atoms with Crippen molar-refractivity contribution in [3.8, 4) is 0 Å². The summed E-state index contributed by atoms with van der Waals surface area (Å²) in [6, 6.07) is 0. The monoisotopic (exact) mass is 186 g/mol. The van der Waals surface area contributed by atoms with Crippen molar-refractivity contribution >= 4 is 0 Å². The molecule has 0 amide bonds. The van der Waals surface area contributed by atoms with E-state index in [4.69, 9.17) is 9.47 Å². The van der Waals surface area contributed by atoms with E-state index in [0.717, 1.165) is 12.8 Å². The standard InChI is InChI=1S/C10H18O3/c1-12-7-9(11)8-13-10-5-3-2-4-6-10/h3,5,9-11H,2,4,6-8H2,1H3. The Bertz CT molecular complexity index is 156. The molecule has 3 nitrogen and oxygen atoms in total. The van der Waals surface area contributed by atoms with Crippen LogP contribution in [-0.2, 0) is 9.47 Å². The molecule has 0 fully saturated rings. The quantitative estimate of drug-likeness (QED) is 0.654. The van der Waals surface area contributed by atoms with E-state index in [1.54, 1.807) is 7.11 Å². The lowest BCUT2D eigenvalue weighted by Crippen LogP contribution is -2.25. The number of ether oxygens (including phenoxy) is 2. The van der Waals surface area contributed by atoms with Gasteiger partial charge in [-0.2, -0.15) is 0 Å². The van der Waals surface area contributed by atoms with Crippen LogP contribution in [0.2, 0.25) is 0 Å². The molecular weight excluding hydrogens is 168 g/mol. The van der Waals surface area contributed by atoms with Gasteiger partial charge in [-0.3, -0.25) is 0 Å². The molecule has 1 aliphatic carbocycles. The average molecular weight is 186 g/mol. The molecule has 0 saturated heterocycles. The Hall–Kier alpha value is -0.380. The lowest BCUT2D eigenvalue weighted by molar-refractivity contribution is -0.0262. The van der Waals surface area contributed by atoms with Crippen LogP contribution in [-0.4, -0.2) is 37.6 Å². The molecule has 1 aliphatic rings. The molecule has 1 rings (SSSR count). The molecule has 0 aromatic rings. The molecule has 0 saturated carbocycles. The Kier molecular flexibility index (Phi) is 5.05. The highest BCUT2D eigenvalue weighted by Gasteiger charge is 2.11. The first-order valence-electron chi connectivity index (χ1n) is 4.78. The summed E-state index contributed by atoms with van der Waals surface area (Å²) in [5, 5.41) is 9.31. The van der Waals surface area contributed by atoms with Crippen LogP contribution in [0.25, 0.3) is 0 Å². The third-order valence-corrected chi connectivity index (χ3v) is 2.07. The Morgan fingerprint density at radius 2 is 2.38 bits per heavy atom. The zero-order valence-corrected chi connectivity index (χ0v) is 8.11. The van der Waals surface area contributed by atoms with Crippen LogP contribution in [0.15, 0.2) is 12.2 Å². The minimum Gasteiger partial charge on any atom is -0.388 e. The molecule has 1 N–H and O–H groups in total. The molecule has 0 spiro atoms. The lowest BCUT2D eigenvalue weighted by Gasteiger charge is -2.19. The van der Waals surface area contributed by atoms with E-state index in [0.29, 0.717) is 13.2 Å². The smallest absolute Gasteiger partial charge is 0.101 e. The summed E-state index contributed by atoms with van der Waals surface area (Å²) in [5.74, 6) is 0. The second-order valence-corrected chi connectivity index (χ2v) is 3.34. The van der Waals surface area contributed by atoms with E-state index in [1.165, 1.54) is 6.42 Å². The summed E-state index contributed by atoms with van der Waals surface area (Å²) < 4.78 is 10.3. The molecule has 76 valence electrons. The normalized spacial score (nSPS) is 24.6. The predicted octanol–water partition coefficient (Wildman–Crippen LogP) is 1.12. The van der Waals surface area contributed by atoms with Crippen molar-refractivity contribution in [3.05, 3.63) is 12.2 Å². The van der Waals surface area contributed by atoms with E-state index < -0.39 is 6.10 Å². The summed E-state index contributed by atoms with van der Waals surface area (Å²) in [7, 11) is 1.57. The van der Waals surface area contributed by atoms with Crippen molar-refractivity contribution in [2.24, 2.45) is 0 Å². The van der Waals surface area contributed by atoms with Crippen molar-refractivity contribution < 1.29 is 14.6 Å². The first-order chi connectivity index (χ1) is 6.33. The van der Waals surface area contributed by atoms with Gasteiger partial charge in [-0.15, -0.1) is 0 Å². The summed E-state index contributed by atoms with van der Waals surface area (Å²) in [5.41, 5.74) is 0. The topological polar surface area (TPSA) is 38.7 Å². The van der Waals surface area contributed by atoms with Crippen LogP contribution in [0, 0.1) is 0 Å². The highest BCUT2D eigenvalue weighted by Crippen LogP contribution is 2.13. The van der Waals surface area contributed by atoms with Gasteiger partial charge in [-0.05, 0) is 19.3 Å². The first-order valence-corrected chi connectivity index (χ1v) is 4.78. The van der Waals surface area contributed by atoms with Crippen LogP contribution in [0.4, 0.5) is 0 Å². The number of aliphatic hydroxyl groups is 1. The van der Waals surface area contributed by atoms with Gasteiger partial charge in [-0.25, -0.2) is 0 Å². The van der Waals surface area contributed by atoms with Gasteiger partial charge < -0.3 is 14.6 Å². The van der Waals surface area contributed by atoms with Gasteiger partial charge in [0.25, 0.3) is 0 Å². The largest absolute Gasteiger partial charge is 0.388 e. The second-order valence-electron chi connectivity index (χ2n) is 3.34. The summed E-state index contributed by atoms with van der Waals surface area (Å²) in [6.07, 6.45) is 7.30. The predicted molar refractivity (Wildman–Crippen MR) is 50.6 cm³/mol.